The number of hydrogen-bond acceptors (Lipinski definition) is 4. The molecule has 1 amide bonds. The number of rotatable bonds is 4. The molecule has 1 aliphatic heterocycles. The molecule has 1 atom stereocenters. The van der Waals surface area contributed by atoms with Crippen LogP contribution in [0.15, 0.2) is 30.7 Å². The SMILES string of the molecule is CCn1cc([C@@H]2CS(=O)(=O)CCN2C(=O)c2cccn2C(C)C)cn1. The molecule has 0 unspecified atom stereocenters. The van der Waals surface area contributed by atoms with Crippen LogP contribution < -0.4 is 0 Å². The van der Waals surface area contributed by atoms with Crippen LogP contribution in [0.25, 0.3) is 0 Å². The second-order valence-corrected chi connectivity index (χ2v) is 8.88. The van der Waals surface area contributed by atoms with Crippen LogP contribution in [-0.4, -0.2) is 51.6 Å². The minimum atomic E-state index is -3.18. The molecule has 3 rings (SSSR count). The summed E-state index contributed by atoms with van der Waals surface area (Å²) in [6.07, 6.45) is 5.37. The molecule has 0 bridgehead atoms. The molecule has 0 aromatic carbocycles. The van der Waals surface area contributed by atoms with Crippen molar-refractivity contribution in [1.82, 2.24) is 19.2 Å². The van der Waals surface area contributed by atoms with E-state index in [1.165, 1.54) is 0 Å². The van der Waals surface area contributed by atoms with Gasteiger partial charge in [0.25, 0.3) is 5.91 Å². The molecule has 3 heterocycles. The molecule has 8 heteroatoms. The van der Waals surface area contributed by atoms with Gasteiger partial charge in [-0.2, -0.15) is 5.10 Å². The van der Waals surface area contributed by atoms with Gasteiger partial charge in [0.15, 0.2) is 9.84 Å². The average Bonchev–Trinajstić information content (AvgIpc) is 3.22. The van der Waals surface area contributed by atoms with Crippen LogP contribution in [0, 0.1) is 0 Å². The lowest BCUT2D eigenvalue weighted by Crippen LogP contribution is -2.46. The van der Waals surface area contributed by atoms with E-state index in [9.17, 15) is 13.2 Å². The molecule has 0 radical (unpaired) electrons. The molecule has 136 valence electrons. The summed E-state index contributed by atoms with van der Waals surface area (Å²) in [7, 11) is -3.18. The summed E-state index contributed by atoms with van der Waals surface area (Å²) in [5, 5.41) is 4.24. The molecule has 0 saturated carbocycles. The number of nitrogens with zero attached hydrogens (tertiary/aromatic N) is 4. The van der Waals surface area contributed by atoms with Crippen molar-refractivity contribution in [2.45, 2.75) is 39.4 Å². The van der Waals surface area contributed by atoms with E-state index in [4.69, 9.17) is 0 Å². The maximum Gasteiger partial charge on any atom is 0.271 e. The number of sulfone groups is 1. The number of aromatic nitrogens is 3. The van der Waals surface area contributed by atoms with E-state index in [1.807, 2.05) is 43.8 Å². The minimum absolute atomic E-state index is 0.000454. The van der Waals surface area contributed by atoms with Gasteiger partial charge in [-0.15, -0.1) is 0 Å². The van der Waals surface area contributed by atoms with Gasteiger partial charge in [-0.1, -0.05) is 0 Å². The molecule has 0 N–H and O–H groups in total. The predicted molar refractivity (Wildman–Crippen MR) is 95.1 cm³/mol. The van der Waals surface area contributed by atoms with Gasteiger partial charge in [0.05, 0.1) is 23.7 Å². The van der Waals surface area contributed by atoms with Gasteiger partial charge < -0.3 is 9.47 Å². The molecule has 1 saturated heterocycles. The Morgan fingerprint density at radius 3 is 2.80 bits per heavy atom. The quantitative estimate of drug-likeness (QED) is 0.830. The first-order valence-corrected chi connectivity index (χ1v) is 10.3. The van der Waals surface area contributed by atoms with Crippen molar-refractivity contribution in [1.29, 1.82) is 0 Å². The molecule has 0 aliphatic carbocycles. The predicted octanol–water partition coefficient (Wildman–Crippen LogP) is 1.90. The van der Waals surface area contributed by atoms with Crippen molar-refractivity contribution in [3.63, 3.8) is 0 Å². The van der Waals surface area contributed by atoms with Gasteiger partial charge in [-0.25, -0.2) is 8.42 Å². The summed E-state index contributed by atoms with van der Waals surface area (Å²) in [6.45, 7) is 6.89. The summed E-state index contributed by atoms with van der Waals surface area (Å²) in [5.41, 5.74) is 1.35. The molecule has 0 spiro atoms. The highest BCUT2D eigenvalue weighted by Crippen LogP contribution is 2.28. The maximum atomic E-state index is 13.1. The second-order valence-electron chi connectivity index (χ2n) is 6.65. The van der Waals surface area contributed by atoms with Crippen molar-refractivity contribution in [3.8, 4) is 0 Å². The Labute approximate surface area is 148 Å². The number of amides is 1. The molecular weight excluding hydrogens is 340 g/mol. The number of carbonyl (C=O) groups excluding carboxylic acids is 1. The van der Waals surface area contributed by atoms with Crippen molar-refractivity contribution in [2.24, 2.45) is 0 Å². The topological polar surface area (TPSA) is 77.2 Å². The highest BCUT2D eigenvalue weighted by Gasteiger charge is 2.37. The fourth-order valence-corrected chi connectivity index (χ4v) is 4.72. The summed E-state index contributed by atoms with van der Waals surface area (Å²) in [4.78, 5) is 14.8. The third-order valence-electron chi connectivity index (χ3n) is 4.61. The van der Waals surface area contributed by atoms with Crippen molar-refractivity contribution in [2.75, 3.05) is 18.1 Å². The van der Waals surface area contributed by atoms with E-state index >= 15 is 0 Å². The van der Waals surface area contributed by atoms with Crippen LogP contribution in [0.5, 0.6) is 0 Å². The van der Waals surface area contributed by atoms with E-state index in [0.717, 1.165) is 5.56 Å². The molecule has 2 aromatic heterocycles. The normalized spacial score (nSPS) is 20.2. The Balaban J connectivity index is 1.97. The fourth-order valence-electron chi connectivity index (χ4n) is 3.22. The van der Waals surface area contributed by atoms with Crippen LogP contribution in [-0.2, 0) is 16.4 Å². The number of carbonyl (C=O) groups is 1. The largest absolute Gasteiger partial charge is 0.341 e. The van der Waals surface area contributed by atoms with Gasteiger partial charge in [0, 0.05) is 37.1 Å². The lowest BCUT2D eigenvalue weighted by molar-refractivity contribution is 0.0684. The Morgan fingerprint density at radius 1 is 1.40 bits per heavy atom. The Hall–Kier alpha value is -2.09. The van der Waals surface area contributed by atoms with Gasteiger partial charge in [0.2, 0.25) is 0 Å². The Bertz CT molecular complexity index is 866. The highest BCUT2D eigenvalue weighted by atomic mass is 32.2. The summed E-state index contributed by atoms with van der Waals surface area (Å²) in [5.74, 6) is -0.196. The summed E-state index contributed by atoms with van der Waals surface area (Å²) >= 11 is 0. The smallest absolute Gasteiger partial charge is 0.271 e. The van der Waals surface area contributed by atoms with Gasteiger partial charge in [-0.3, -0.25) is 9.48 Å². The lowest BCUT2D eigenvalue weighted by atomic mass is 10.1. The third-order valence-corrected chi connectivity index (χ3v) is 6.24. The molecule has 7 nitrogen and oxygen atoms in total. The molecule has 2 aromatic rings. The molecular formula is C17H24N4O3S. The van der Waals surface area contributed by atoms with Crippen molar-refractivity contribution >= 4 is 15.7 Å². The van der Waals surface area contributed by atoms with Crippen molar-refractivity contribution in [3.05, 3.63) is 42.0 Å². The average molecular weight is 364 g/mol. The molecule has 1 aliphatic rings. The minimum Gasteiger partial charge on any atom is -0.341 e. The van der Waals surface area contributed by atoms with E-state index < -0.39 is 15.9 Å². The van der Waals surface area contributed by atoms with Gasteiger partial charge >= 0.3 is 0 Å². The van der Waals surface area contributed by atoms with Crippen LogP contribution in [0.3, 0.4) is 0 Å². The van der Waals surface area contributed by atoms with Crippen LogP contribution in [0.4, 0.5) is 0 Å². The molecule has 1 fully saturated rings. The maximum absolute atomic E-state index is 13.1. The fraction of sp³-hybridized carbons (Fsp3) is 0.529. The zero-order valence-electron chi connectivity index (χ0n) is 14.8. The summed E-state index contributed by atoms with van der Waals surface area (Å²) < 4.78 is 28.0. The van der Waals surface area contributed by atoms with E-state index in [0.29, 0.717) is 12.2 Å². The van der Waals surface area contributed by atoms with Gasteiger partial charge in [-0.05, 0) is 32.9 Å². The zero-order chi connectivity index (χ0) is 18.2. The Kier molecular flexibility index (Phi) is 4.73. The zero-order valence-corrected chi connectivity index (χ0v) is 15.6. The van der Waals surface area contributed by atoms with Gasteiger partial charge in [0.1, 0.15) is 5.69 Å². The van der Waals surface area contributed by atoms with Crippen LogP contribution in [0.1, 0.15) is 48.9 Å². The summed E-state index contributed by atoms with van der Waals surface area (Å²) in [6, 6.07) is 3.29. The van der Waals surface area contributed by atoms with Crippen molar-refractivity contribution < 1.29 is 13.2 Å². The van der Waals surface area contributed by atoms with Crippen LogP contribution >= 0.6 is 0 Å². The first-order valence-electron chi connectivity index (χ1n) is 8.53. The number of aryl methyl sites for hydroxylation is 1. The number of hydrogen-bond donors (Lipinski definition) is 0. The van der Waals surface area contributed by atoms with E-state index in [-0.39, 0.29) is 30.0 Å². The Morgan fingerprint density at radius 2 is 2.16 bits per heavy atom. The monoisotopic (exact) mass is 364 g/mol. The lowest BCUT2D eigenvalue weighted by Gasteiger charge is -2.35. The first kappa shape index (κ1) is 17.7. The van der Waals surface area contributed by atoms with E-state index in [2.05, 4.69) is 5.10 Å². The molecule has 25 heavy (non-hydrogen) atoms. The third kappa shape index (κ3) is 3.49. The second kappa shape index (κ2) is 6.67. The van der Waals surface area contributed by atoms with E-state index in [1.54, 1.807) is 21.8 Å². The first-order chi connectivity index (χ1) is 11.8. The standard InChI is InChI=1S/C17H24N4O3S/c1-4-19-11-14(10-18-19)16-12-25(23,24)9-8-21(16)17(22)15-6-5-7-20(15)13(2)3/h5-7,10-11,13,16H,4,8-9,12H2,1-3H3/t16-/m0/s1. The highest BCUT2D eigenvalue weighted by molar-refractivity contribution is 7.91. The van der Waals surface area contributed by atoms with Crippen LogP contribution in [0.2, 0.25) is 0 Å².